The smallest absolute Gasteiger partial charge is 0.227 e. The van der Waals surface area contributed by atoms with Crippen LogP contribution < -0.4 is 10.2 Å². The maximum absolute atomic E-state index is 13.8. The van der Waals surface area contributed by atoms with Gasteiger partial charge in [-0.2, -0.15) is 4.98 Å². The largest absolute Gasteiger partial charge is 0.341 e. The average molecular weight is 318 g/mol. The standard InChI is InChI=1S/C17H20F2N4/c1-12-10-16(21-15-7-6-13(18)11-14(15)19)22-17(20-12)23-8-4-2-3-5-9-23/h6-7,10-11H,2-5,8-9H2,1H3,(H,20,21,22). The van der Waals surface area contributed by atoms with E-state index in [0.717, 1.165) is 37.7 Å². The van der Waals surface area contributed by atoms with Crippen molar-refractivity contribution in [3.8, 4) is 0 Å². The number of nitrogens with one attached hydrogen (secondary N) is 1. The molecule has 1 fully saturated rings. The van der Waals surface area contributed by atoms with Crippen LogP contribution in [0, 0.1) is 18.6 Å². The van der Waals surface area contributed by atoms with Gasteiger partial charge in [-0.05, 0) is 31.9 Å². The molecule has 0 unspecified atom stereocenters. The van der Waals surface area contributed by atoms with Gasteiger partial charge < -0.3 is 10.2 Å². The Balaban J connectivity index is 1.84. The summed E-state index contributed by atoms with van der Waals surface area (Å²) < 4.78 is 26.8. The zero-order chi connectivity index (χ0) is 16.2. The molecule has 0 bridgehead atoms. The number of anilines is 3. The minimum atomic E-state index is -0.641. The third kappa shape index (κ3) is 3.94. The van der Waals surface area contributed by atoms with Crippen molar-refractivity contribution in [2.75, 3.05) is 23.3 Å². The highest BCUT2D eigenvalue weighted by Crippen LogP contribution is 2.23. The second-order valence-corrected chi connectivity index (χ2v) is 5.84. The maximum atomic E-state index is 13.8. The van der Waals surface area contributed by atoms with Gasteiger partial charge in [0.1, 0.15) is 17.5 Å². The molecule has 1 saturated heterocycles. The van der Waals surface area contributed by atoms with Crippen LogP contribution in [0.25, 0.3) is 0 Å². The van der Waals surface area contributed by atoms with Crippen molar-refractivity contribution in [3.63, 3.8) is 0 Å². The van der Waals surface area contributed by atoms with Gasteiger partial charge in [-0.3, -0.25) is 0 Å². The van der Waals surface area contributed by atoms with E-state index in [9.17, 15) is 8.78 Å². The summed E-state index contributed by atoms with van der Waals surface area (Å²) in [6, 6.07) is 5.19. The van der Waals surface area contributed by atoms with Gasteiger partial charge in [-0.15, -0.1) is 0 Å². The fourth-order valence-corrected chi connectivity index (χ4v) is 2.76. The van der Waals surface area contributed by atoms with Crippen LogP contribution in [0.15, 0.2) is 24.3 Å². The maximum Gasteiger partial charge on any atom is 0.227 e. The lowest BCUT2D eigenvalue weighted by molar-refractivity contribution is 0.586. The summed E-state index contributed by atoms with van der Waals surface area (Å²) in [5, 5.41) is 2.92. The van der Waals surface area contributed by atoms with Crippen LogP contribution in [0.4, 0.5) is 26.2 Å². The highest BCUT2D eigenvalue weighted by Gasteiger charge is 2.14. The Morgan fingerprint density at radius 3 is 2.43 bits per heavy atom. The van der Waals surface area contributed by atoms with Crippen LogP contribution in [-0.4, -0.2) is 23.1 Å². The molecule has 1 N–H and O–H groups in total. The van der Waals surface area contributed by atoms with Gasteiger partial charge in [0, 0.05) is 30.9 Å². The van der Waals surface area contributed by atoms with Crippen LogP contribution in [0.3, 0.4) is 0 Å². The Bertz CT molecular complexity index is 682. The van der Waals surface area contributed by atoms with Crippen molar-refractivity contribution >= 4 is 17.5 Å². The molecule has 2 heterocycles. The Morgan fingerprint density at radius 2 is 1.74 bits per heavy atom. The molecule has 4 nitrogen and oxygen atoms in total. The first-order valence-corrected chi connectivity index (χ1v) is 7.94. The van der Waals surface area contributed by atoms with Gasteiger partial charge in [0.05, 0.1) is 5.69 Å². The monoisotopic (exact) mass is 318 g/mol. The normalized spacial score (nSPS) is 15.3. The third-order valence-electron chi connectivity index (χ3n) is 3.93. The van der Waals surface area contributed by atoms with E-state index in [1.165, 1.54) is 25.0 Å². The molecule has 3 rings (SSSR count). The second-order valence-electron chi connectivity index (χ2n) is 5.84. The van der Waals surface area contributed by atoms with Gasteiger partial charge in [0.25, 0.3) is 0 Å². The molecular weight excluding hydrogens is 298 g/mol. The zero-order valence-electron chi connectivity index (χ0n) is 13.1. The third-order valence-corrected chi connectivity index (χ3v) is 3.93. The number of aryl methyl sites for hydroxylation is 1. The Kier molecular flexibility index (Phi) is 4.69. The molecule has 122 valence electrons. The van der Waals surface area contributed by atoms with E-state index in [-0.39, 0.29) is 5.69 Å². The van der Waals surface area contributed by atoms with Gasteiger partial charge in [-0.25, -0.2) is 13.8 Å². The molecule has 0 aliphatic carbocycles. The Labute approximate surface area is 134 Å². The van der Waals surface area contributed by atoms with Crippen molar-refractivity contribution in [2.24, 2.45) is 0 Å². The summed E-state index contributed by atoms with van der Waals surface area (Å²) in [5.41, 5.74) is 1.01. The van der Waals surface area contributed by atoms with Crippen LogP contribution in [0.5, 0.6) is 0 Å². The molecule has 6 heteroatoms. The van der Waals surface area contributed by atoms with Crippen LogP contribution in [-0.2, 0) is 0 Å². The van der Waals surface area contributed by atoms with Gasteiger partial charge in [-0.1, -0.05) is 12.8 Å². The summed E-state index contributed by atoms with van der Waals surface area (Å²) in [6.45, 7) is 3.76. The summed E-state index contributed by atoms with van der Waals surface area (Å²) in [5.74, 6) is -0.0612. The van der Waals surface area contributed by atoms with Crippen LogP contribution >= 0.6 is 0 Å². The first-order chi connectivity index (χ1) is 11.1. The minimum Gasteiger partial charge on any atom is -0.341 e. The average Bonchev–Trinajstić information content (AvgIpc) is 2.79. The summed E-state index contributed by atoms with van der Waals surface area (Å²) in [7, 11) is 0. The van der Waals surface area contributed by atoms with Crippen molar-refractivity contribution in [1.82, 2.24) is 9.97 Å². The minimum absolute atomic E-state index is 0.200. The Hall–Kier alpha value is -2.24. The first kappa shape index (κ1) is 15.6. The summed E-state index contributed by atoms with van der Waals surface area (Å²) in [4.78, 5) is 11.2. The number of benzene rings is 1. The molecule has 1 aliphatic rings. The van der Waals surface area contributed by atoms with Crippen molar-refractivity contribution < 1.29 is 8.78 Å². The van der Waals surface area contributed by atoms with Gasteiger partial charge in [0.2, 0.25) is 5.95 Å². The fourth-order valence-electron chi connectivity index (χ4n) is 2.76. The van der Waals surface area contributed by atoms with Gasteiger partial charge in [0.15, 0.2) is 0 Å². The lowest BCUT2D eigenvalue weighted by atomic mass is 10.2. The molecular formula is C17H20F2N4. The van der Waals surface area contributed by atoms with Crippen molar-refractivity contribution in [1.29, 1.82) is 0 Å². The van der Waals surface area contributed by atoms with E-state index in [1.54, 1.807) is 6.07 Å². The predicted octanol–water partition coefficient (Wildman–Crippen LogP) is 4.19. The van der Waals surface area contributed by atoms with E-state index >= 15 is 0 Å². The molecule has 0 amide bonds. The number of rotatable bonds is 3. The lowest BCUT2D eigenvalue weighted by Gasteiger charge is -2.21. The topological polar surface area (TPSA) is 41.1 Å². The molecule has 2 aromatic rings. The van der Waals surface area contributed by atoms with E-state index in [0.29, 0.717) is 11.8 Å². The molecule has 1 aromatic heterocycles. The molecule has 0 radical (unpaired) electrons. The number of hydrogen-bond donors (Lipinski definition) is 1. The highest BCUT2D eigenvalue weighted by atomic mass is 19.1. The summed E-state index contributed by atoms with van der Waals surface area (Å²) >= 11 is 0. The SMILES string of the molecule is Cc1cc(Nc2ccc(F)cc2F)nc(N2CCCCCC2)n1. The highest BCUT2D eigenvalue weighted by molar-refractivity contribution is 5.58. The molecule has 23 heavy (non-hydrogen) atoms. The molecule has 0 saturated carbocycles. The van der Waals surface area contributed by atoms with E-state index in [4.69, 9.17) is 0 Å². The van der Waals surface area contributed by atoms with Crippen molar-refractivity contribution in [2.45, 2.75) is 32.6 Å². The number of hydrogen-bond acceptors (Lipinski definition) is 4. The first-order valence-electron chi connectivity index (χ1n) is 7.94. The second kappa shape index (κ2) is 6.89. The molecule has 1 aliphatic heterocycles. The van der Waals surface area contributed by atoms with Crippen LogP contribution in [0.2, 0.25) is 0 Å². The number of nitrogens with zero attached hydrogens (tertiary/aromatic N) is 3. The molecule has 0 spiro atoms. The van der Waals surface area contributed by atoms with Crippen molar-refractivity contribution in [3.05, 3.63) is 41.6 Å². The lowest BCUT2D eigenvalue weighted by Crippen LogP contribution is -2.26. The predicted molar refractivity (Wildman–Crippen MR) is 87.1 cm³/mol. The zero-order valence-corrected chi connectivity index (χ0v) is 13.1. The molecule has 0 atom stereocenters. The molecule has 1 aromatic carbocycles. The Morgan fingerprint density at radius 1 is 1.00 bits per heavy atom. The summed E-state index contributed by atoms with van der Waals surface area (Å²) in [6.07, 6.45) is 4.72. The van der Waals surface area contributed by atoms with E-state index in [2.05, 4.69) is 20.2 Å². The van der Waals surface area contributed by atoms with E-state index in [1.807, 2.05) is 6.92 Å². The fraction of sp³-hybridized carbons (Fsp3) is 0.412. The number of aromatic nitrogens is 2. The van der Waals surface area contributed by atoms with E-state index < -0.39 is 11.6 Å². The van der Waals surface area contributed by atoms with Crippen LogP contribution in [0.1, 0.15) is 31.4 Å². The number of halogens is 2. The van der Waals surface area contributed by atoms with Gasteiger partial charge >= 0.3 is 0 Å². The quantitative estimate of drug-likeness (QED) is 0.921.